The number of rotatable bonds is 2. The number of halogens is 1. The van der Waals surface area contributed by atoms with Gasteiger partial charge in [-0.15, -0.1) is 0 Å². The van der Waals surface area contributed by atoms with Crippen LogP contribution in [0.1, 0.15) is 23.7 Å². The molecule has 116 valence electrons. The molecule has 6 heteroatoms. The maximum Gasteiger partial charge on any atom is 0.226 e. The van der Waals surface area contributed by atoms with Crippen LogP contribution < -0.4 is 5.32 Å². The Kier molecular flexibility index (Phi) is 3.23. The van der Waals surface area contributed by atoms with Crippen LogP contribution in [-0.2, 0) is 11.8 Å². The van der Waals surface area contributed by atoms with Crippen molar-refractivity contribution in [3.05, 3.63) is 58.9 Å². The molecule has 5 nitrogen and oxygen atoms in total. The number of furan rings is 1. The standard InChI is InChI=1S/C17H14ClN3O2/c1-21-17-12(9-19-21)11(8-16(22)20-17)15-7-6-14(23-15)10-4-2-3-5-13(10)18/h2-7,9,11H,8H2,1H3,(H,20,22). The lowest BCUT2D eigenvalue weighted by atomic mass is 9.92. The molecule has 0 fully saturated rings. The number of hydrogen-bond acceptors (Lipinski definition) is 3. The van der Waals surface area contributed by atoms with Gasteiger partial charge < -0.3 is 9.73 Å². The van der Waals surface area contributed by atoms with E-state index in [1.165, 1.54) is 0 Å². The first-order chi connectivity index (χ1) is 11.1. The predicted octanol–water partition coefficient (Wildman–Crippen LogP) is 3.81. The SMILES string of the molecule is Cn1ncc2c1NC(=O)CC2c1ccc(-c2ccccc2Cl)o1. The molecule has 1 unspecified atom stereocenters. The molecule has 0 bridgehead atoms. The Labute approximate surface area is 137 Å². The van der Waals surface area contributed by atoms with E-state index < -0.39 is 0 Å². The molecule has 1 aliphatic rings. The summed E-state index contributed by atoms with van der Waals surface area (Å²) in [6, 6.07) is 11.3. The number of nitrogens with one attached hydrogen (secondary N) is 1. The number of anilines is 1. The molecule has 1 N–H and O–H groups in total. The Balaban J connectivity index is 1.75. The van der Waals surface area contributed by atoms with E-state index in [2.05, 4.69) is 10.4 Å². The van der Waals surface area contributed by atoms with Crippen LogP contribution in [0.2, 0.25) is 5.02 Å². The molecule has 1 atom stereocenters. The quantitative estimate of drug-likeness (QED) is 0.778. The minimum atomic E-state index is -0.135. The second kappa shape index (κ2) is 5.28. The van der Waals surface area contributed by atoms with Crippen molar-refractivity contribution < 1.29 is 9.21 Å². The fourth-order valence-electron chi connectivity index (χ4n) is 2.94. The van der Waals surface area contributed by atoms with E-state index in [-0.39, 0.29) is 11.8 Å². The fraction of sp³-hybridized carbons (Fsp3) is 0.176. The summed E-state index contributed by atoms with van der Waals surface area (Å²) in [5.74, 6) is 1.98. The van der Waals surface area contributed by atoms with E-state index in [0.29, 0.717) is 17.2 Å². The minimum Gasteiger partial charge on any atom is -0.460 e. The molecular weight excluding hydrogens is 314 g/mol. The summed E-state index contributed by atoms with van der Waals surface area (Å²) in [5, 5.41) is 7.72. The lowest BCUT2D eigenvalue weighted by Crippen LogP contribution is -2.24. The predicted molar refractivity (Wildman–Crippen MR) is 87.5 cm³/mol. The highest BCUT2D eigenvalue weighted by Crippen LogP contribution is 2.39. The van der Waals surface area contributed by atoms with Gasteiger partial charge in [-0.1, -0.05) is 23.7 Å². The van der Waals surface area contributed by atoms with Crippen molar-refractivity contribution in [3.8, 4) is 11.3 Å². The molecule has 0 saturated heterocycles. The van der Waals surface area contributed by atoms with Crippen molar-refractivity contribution in [2.45, 2.75) is 12.3 Å². The Bertz CT molecular complexity index is 897. The highest BCUT2D eigenvalue weighted by Gasteiger charge is 2.31. The molecule has 0 aliphatic carbocycles. The molecule has 3 aromatic rings. The van der Waals surface area contributed by atoms with E-state index in [4.69, 9.17) is 16.0 Å². The van der Waals surface area contributed by atoms with Gasteiger partial charge in [0.05, 0.1) is 17.1 Å². The molecular formula is C17H14ClN3O2. The number of carbonyl (C=O) groups excluding carboxylic acids is 1. The molecule has 1 aliphatic heterocycles. The summed E-state index contributed by atoms with van der Waals surface area (Å²) in [6.07, 6.45) is 2.12. The smallest absolute Gasteiger partial charge is 0.226 e. The molecule has 1 amide bonds. The molecule has 4 rings (SSSR count). The summed E-state index contributed by atoms with van der Waals surface area (Å²) >= 11 is 6.22. The number of benzene rings is 1. The highest BCUT2D eigenvalue weighted by molar-refractivity contribution is 6.33. The van der Waals surface area contributed by atoms with Crippen molar-refractivity contribution in [3.63, 3.8) is 0 Å². The van der Waals surface area contributed by atoms with E-state index in [1.807, 2.05) is 36.4 Å². The Morgan fingerprint density at radius 1 is 1.30 bits per heavy atom. The van der Waals surface area contributed by atoms with Crippen LogP contribution in [0.15, 0.2) is 47.0 Å². The van der Waals surface area contributed by atoms with Gasteiger partial charge in [0.2, 0.25) is 5.91 Å². The Morgan fingerprint density at radius 3 is 2.96 bits per heavy atom. The van der Waals surface area contributed by atoms with Crippen LogP contribution in [0.25, 0.3) is 11.3 Å². The molecule has 2 aromatic heterocycles. The van der Waals surface area contributed by atoms with Crippen LogP contribution in [0.5, 0.6) is 0 Å². The van der Waals surface area contributed by atoms with Crippen molar-refractivity contribution in [1.82, 2.24) is 9.78 Å². The third-order valence-electron chi connectivity index (χ3n) is 4.10. The largest absolute Gasteiger partial charge is 0.460 e. The Morgan fingerprint density at radius 2 is 2.13 bits per heavy atom. The average Bonchev–Trinajstić information content (AvgIpc) is 3.15. The Hall–Kier alpha value is -2.53. The van der Waals surface area contributed by atoms with E-state index in [1.54, 1.807) is 17.9 Å². The van der Waals surface area contributed by atoms with E-state index in [9.17, 15) is 4.79 Å². The molecule has 0 spiro atoms. The maximum atomic E-state index is 12.0. The van der Waals surface area contributed by atoms with Gasteiger partial charge in [-0.3, -0.25) is 9.48 Å². The average molecular weight is 328 g/mol. The third-order valence-corrected chi connectivity index (χ3v) is 4.43. The number of amides is 1. The van der Waals surface area contributed by atoms with Crippen LogP contribution in [-0.4, -0.2) is 15.7 Å². The maximum absolute atomic E-state index is 12.0. The summed E-state index contributed by atoms with van der Waals surface area (Å²) in [7, 11) is 1.80. The molecule has 1 aromatic carbocycles. The normalized spacial score (nSPS) is 17.0. The van der Waals surface area contributed by atoms with Crippen LogP contribution >= 0.6 is 11.6 Å². The van der Waals surface area contributed by atoms with Crippen molar-refractivity contribution in [1.29, 1.82) is 0 Å². The van der Waals surface area contributed by atoms with Gasteiger partial charge in [0.15, 0.2) is 0 Å². The number of fused-ring (bicyclic) bond motifs is 1. The van der Waals surface area contributed by atoms with Crippen molar-refractivity contribution in [2.24, 2.45) is 7.05 Å². The highest BCUT2D eigenvalue weighted by atomic mass is 35.5. The minimum absolute atomic E-state index is 0.0400. The monoisotopic (exact) mass is 327 g/mol. The van der Waals surface area contributed by atoms with Crippen LogP contribution in [0, 0.1) is 0 Å². The lowest BCUT2D eigenvalue weighted by molar-refractivity contribution is -0.116. The number of aryl methyl sites for hydroxylation is 1. The zero-order valence-electron chi connectivity index (χ0n) is 12.4. The fourth-order valence-corrected chi connectivity index (χ4v) is 3.17. The molecule has 3 heterocycles. The van der Waals surface area contributed by atoms with Gasteiger partial charge in [-0.2, -0.15) is 5.10 Å². The summed E-state index contributed by atoms with van der Waals surface area (Å²) in [4.78, 5) is 12.0. The first-order valence-electron chi connectivity index (χ1n) is 7.30. The third kappa shape index (κ3) is 2.33. The lowest BCUT2D eigenvalue weighted by Gasteiger charge is -2.21. The first-order valence-corrected chi connectivity index (χ1v) is 7.67. The summed E-state index contributed by atoms with van der Waals surface area (Å²) < 4.78 is 7.67. The van der Waals surface area contributed by atoms with Crippen molar-refractivity contribution >= 4 is 23.3 Å². The van der Waals surface area contributed by atoms with Gasteiger partial charge in [0.1, 0.15) is 17.3 Å². The molecule has 0 radical (unpaired) electrons. The van der Waals surface area contributed by atoms with E-state index in [0.717, 1.165) is 22.7 Å². The van der Waals surface area contributed by atoms with Gasteiger partial charge >= 0.3 is 0 Å². The summed E-state index contributed by atoms with van der Waals surface area (Å²) in [6.45, 7) is 0. The van der Waals surface area contributed by atoms with Gasteiger partial charge in [0, 0.05) is 24.6 Å². The number of carbonyl (C=O) groups is 1. The molecule has 0 saturated carbocycles. The summed E-state index contributed by atoms with van der Waals surface area (Å²) in [5.41, 5.74) is 1.80. The number of nitrogens with zero attached hydrogens (tertiary/aromatic N) is 2. The molecule has 23 heavy (non-hydrogen) atoms. The number of hydrogen-bond donors (Lipinski definition) is 1. The van der Waals surface area contributed by atoms with Crippen LogP contribution in [0.3, 0.4) is 0 Å². The second-order valence-corrected chi connectivity index (χ2v) is 5.97. The zero-order chi connectivity index (χ0) is 16.0. The van der Waals surface area contributed by atoms with Crippen molar-refractivity contribution in [2.75, 3.05) is 5.32 Å². The zero-order valence-corrected chi connectivity index (χ0v) is 13.2. The second-order valence-electron chi connectivity index (χ2n) is 5.56. The topological polar surface area (TPSA) is 60.1 Å². The van der Waals surface area contributed by atoms with E-state index >= 15 is 0 Å². The number of aromatic nitrogens is 2. The van der Waals surface area contributed by atoms with Gasteiger partial charge in [-0.05, 0) is 24.3 Å². The first kappa shape index (κ1) is 14.1. The van der Waals surface area contributed by atoms with Gasteiger partial charge in [-0.25, -0.2) is 0 Å². The van der Waals surface area contributed by atoms with Gasteiger partial charge in [0.25, 0.3) is 0 Å². The van der Waals surface area contributed by atoms with Crippen LogP contribution in [0.4, 0.5) is 5.82 Å².